The number of aliphatic hydroxyl groups is 1. The van der Waals surface area contributed by atoms with E-state index in [0.29, 0.717) is 6.04 Å². The highest BCUT2D eigenvalue weighted by Crippen LogP contribution is 2.26. The molecule has 1 aliphatic rings. The van der Waals surface area contributed by atoms with Crippen LogP contribution in [-0.4, -0.2) is 18.2 Å². The van der Waals surface area contributed by atoms with E-state index in [4.69, 9.17) is 0 Å². The van der Waals surface area contributed by atoms with Crippen molar-refractivity contribution in [3.8, 4) is 0 Å². The van der Waals surface area contributed by atoms with Gasteiger partial charge in [-0.2, -0.15) is 0 Å². The first kappa shape index (κ1) is 13.4. The first-order chi connectivity index (χ1) is 8.68. The summed E-state index contributed by atoms with van der Waals surface area (Å²) in [4.78, 5) is 2.41. The molecule has 0 bridgehead atoms. The Kier molecular flexibility index (Phi) is 4.65. The molecule has 1 atom stereocenters. The van der Waals surface area contributed by atoms with Crippen LogP contribution in [0.5, 0.6) is 0 Å². The van der Waals surface area contributed by atoms with Crippen molar-refractivity contribution in [3.63, 3.8) is 0 Å². The predicted molar refractivity (Wildman–Crippen MR) is 77.0 cm³/mol. The minimum atomic E-state index is -0.373. The van der Waals surface area contributed by atoms with Crippen molar-refractivity contribution in [2.45, 2.75) is 57.6 Å². The Hall–Kier alpha value is -1.02. The molecular weight excluding hydrogens is 222 g/mol. The molecule has 0 heterocycles. The molecule has 0 saturated heterocycles. The van der Waals surface area contributed by atoms with E-state index in [1.54, 1.807) is 0 Å². The molecule has 2 rings (SSSR count). The van der Waals surface area contributed by atoms with Crippen LogP contribution >= 0.6 is 0 Å². The molecule has 2 nitrogen and oxygen atoms in total. The van der Waals surface area contributed by atoms with Gasteiger partial charge in [0.1, 0.15) is 0 Å². The number of anilines is 1. The summed E-state index contributed by atoms with van der Waals surface area (Å²) in [6.07, 6.45) is 7.77. The second kappa shape index (κ2) is 6.24. The number of hydrogen-bond acceptors (Lipinski definition) is 2. The van der Waals surface area contributed by atoms with Crippen LogP contribution in [0.15, 0.2) is 24.3 Å². The van der Waals surface area contributed by atoms with E-state index in [1.807, 2.05) is 19.1 Å². The molecule has 1 aromatic carbocycles. The molecule has 0 amide bonds. The Bertz CT molecular complexity index is 350. The van der Waals surface area contributed by atoms with Gasteiger partial charge in [0.25, 0.3) is 0 Å². The van der Waals surface area contributed by atoms with Crippen LogP contribution in [0.3, 0.4) is 0 Å². The zero-order valence-electron chi connectivity index (χ0n) is 11.6. The monoisotopic (exact) mass is 247 g/mol. The summed E-state index contributed by atoms with van der Waals surface area (Å²) in [6, 6.07) is 9.02. The maximum Gasteiger partial charge on any atom is 0.0761 e. The van der Waals surface area contributed by atoms with Gasteiger partial charge in [0.05, 0.1) is 6.10 Å². The minimum absolute atomic E-state index is 0.373. The van der Waals surface area contributed by atoms with Gasteiger partial charge < -0.3 is 10.0 Å². The average molecular weight is 247 g/mol. The Balaban J connectivity index is 2.05. The Labute approximate surface area is 111 Å². The summed E-state index contributed by atoms with van der Waals surface area (Å²) in [5.41, 5.74) is 2.26. The highest BCUT2D eigenvalue weighted by Gasteiger charge is 2.17. The maximum absolute atomic E-state index is 9.53. The SMILES string of the molecule is C[C@@H](O)c1ccc(N(C)C2CCCCCC2)cc1. The smallest absolute Gasteiger partial charge is 0.0761 e. The lowest BCUT2D eigenvalue weighted by Gasteiger charge is -2.29. The van der Waals surface area contributed by atoms with Crippen LogP contribution in [0.25, 0.3) is 0 Å². The number of aliphatic hydroxyl groups excluding tert-OH is 1. The van der Waals surface area contributed by atoms with Gasteiger partial charge in [-0.05, 0) is 37.5 Å². The number of rotatable bonds is 3. The molecule has 0 aliphatic heterocycles. The Morgan fingerprint density at radius 2 is 1.61 bits per heavy atom. The molecule has 0 aromatic heterocycles. The molecule has 0 unspecified atom stereocenters. The van der Waals surface area contributed by atoms with E-state index in [-0.39, 0.29) is 6.10 Å². The van der Waals surface area contributed by atoms with Gasteiger partial charge in [-0.25, -0.2) is 0 Å². The third-order valence-electron chi connectivity index (χ3n) is 4.16. The number of nitrogens with zero attached hydrogens (tertiary/aromatic N) is 1. The Morgan fingerprint density at radius 1 is 1.06 bits per heavy atom. The van der Waals surface area contributed by atoms with Crippen molar-refractivity contribution in [2.24, 2.45) is 0 Å². The zero-order valence-corrected chi connectivity index (χ0v) is 11.6. The van der Waals surface area contributed by atoms with Gasteiger partial charge in [0, 0.05) is 18.8 Å². The fourth-order valence-corrected chi connectivity index (χ4v) is 2.84. The van der Waals surface area contributed by atoms with Gasteiger partial charge in [-0.3, -0.25) is 0 Å². The normalized spacial score (nSPS) is 19.3. The fraction of sp³-hybridized carbons (Fsp3) is 0.625. The van der Waals surface area contributed by atoms with Crippen LogP contribution in [0, 0.1) is 0 Å². The minimum Gasteiger partial charge on any atom is -0.389 e. The predicted octanol–water partition coefficient (Wildman–Crippen LogP) is 3.90. The molecule has 2 heteroatoms. The summed E-state index contributed by atoms with van der Waals surface area (Å²) >= 11 is 0. The van der Waals surface area contributed by atoms with E-state index < -0.39 is 0 Å². The van der Waals surface area contributed by atoms with Crippen molar-refractivity contribution in [3.05, 3.63) is 29.8 Å². The lowest BCUT2D eigenvalue weighted by atomic mass is 10.1. The third kappa shape index (κ3) is 3.26. The van der Waals surface area contributed by atoms with Crippen LogP contribution in [0.4, 0.5) is 5.69 Å². The highest BCUT2D eigenvalue weighted by atomic mass is 16.3. The molecule has 1 saturated carbocycles. The largest absolute Gasteiger partial charge is 0.389 e. The van der Waals surface area contributed by atoms with Gasteiger partial charge in [0.15, 0.2) is 0 Å². The standard InChI is InChI=1S/C16H25NO/c1-13(18)14-9-11-16(12-10-14)17(2)15-7-5-3-4-6-8-15/h9-13,15,18H,3-8H2,1-2H3/t13-/m1/s1. The highest BCUT2D eigenvalue weighted by molar-refractivity contribution is 5.48. The molecule has 1 fully saturated rings. The molecule has 0 radical (unpaired) electrons. The van der Waals surface area contributed by atoms with E-state index in [2.05, 4.69) is 24.1 Å². The fourth-order valence-electron chi connectivity index (χ4n) is 2.84. The first-order valence-electron chi connectivity index (χ1n) is 7.19. The molecular formula is C16H25NO. The second-order valence-electron chi connectivity index (χ2n) is 5.52. The van der Waals surface area contributed by atoms with Crippen molar-refractivity contribution >= 4 is 5.69 Å². The first-order valence-corrected chi connectivity index (χ1v) is 7.19. The number of hydrogen-bond donors (Lipinski definition) is 1. The van der Waals surface area contributed by atoms with E-state index in [0.717, 1.165) is 5.56 Å². The van der Waals surface area contributed by atoms with Crippen molar-refractivity contribution in [1.82, 2.24) is 0 Å². The van der Waals surface area contributed by atoms with Crippen LogP contribution in [0.1, 0.15) is 57.1 Å². The summed E-state index contributed by atoms with van der Waals surface area (Å²) in [7, 11) is 2.20. The van der Waals surface area contributed by atoms with Gasteiger partial charge >= 0.3 is 0 Å². The lowest BCUT2D eigenvalue weighted by Crippen LogP contribution is -2.30. The van der Waals surface area contributed by atoms with Gasteiger partial charge in [-0.1, -0.05) is 37.8 Å². The third-order valence-corrected chi connectivity index (χ3v) is 4.16. The Morgan fingerprint density at radius 3 is 2.11 bits per heavy atom. The van der Waals surface area contributed by atoms with Crippen molar-refractivity contribution < 1.29 is 5.11 Å². The van der Waals surface area contributed by atoms with E-state index >= 15 is 0 Å². The number of benzene rings is 1. The molecule has 100 valence electrons. The lowest BCUT2D eigenvalue weighted by molar-refractivity contribution is 0.199. The van der Waals surface area contributed by atoms with Crippen molar-refractivity contribution in [1.29, 1.82) is 0 Å². The molecule has 1 aliphatic carbocycles. The topological polar surface area (TPSA) is 23.5 Å². The summed E-state index contributed by atoms with van der Waals surface area (Å²) in [5.74, 6) is 0. The van der Waals surface area contributed by atoms with Crippen LogP contribution < -0.4 is 4.90 Å². The van der Waals surface area contributed by atoms with E-state index in [1.165, 1.54) is 44.2 Å². The van der Waals surface area contributed by atoms with Gasteiger partial charge in [-0.15, -0.1) is 0 Å². The molecule has 1 N–H and O–H groups in total. The molecule has 0 spiro atoms. The van der Waals surface area contributed by atoms with Gasteiger partial charge in [0.2, 0.25) is 0 Å². The summed E-state index contributed by atoms with van der Waals surface area (Å²) in [6.45, 7) is 1.81. The molecule has 1 aromatic rings. The second-order valence-corrected chi connectivity index (χ2v) is 5.52. The van der Waals surface area contributed by atoms with Crippen LogP contribution in [0.2, 0.25) is 0 Å². The van der Waals surface area contributed by atoms with Crippen molar-refractivity contribution in [2.75, 3.05) is 11.9 Å². The molecule has 18 heavy (non-hydrogen) atoms. The van der Waals surface area contributed by atoms with Crippen LogP contribution in [-0.2, 0) is 0 Å². The average Bonchev–Trinajstić information content (AvgIpc) is 2.67. The zero-order chi connectivity index (χ0) is 13.0. The maximum atomic E-state index is 9.53. The quantitative estimate of drug-likeness (QED) is 0.819. The van der Waals surface area contributed by atoms with E-state index in [9.17, 15) is 5.11 Å². The summed E-state index contributed by atoms with van der Waals surface area (Å²) < 4.78 is 0. The summed E-state index contributed by atoms with van der Waals surface area (Å²) in [5, 5.41) is 9.53.